The predicted molar refractivity (Wildman–Crippen MR) is 174 cm³/mol. The molecule has 0 saturated heterocycles. The lowest BCUT2D eigenvalue weighted by Crippen LogP contribution is -2.25. The minimum Gasteiger partial charge on any atom is -0.497 e. The number of nitrogens with one attached hydrogen (secondary N) is 1. The first-order valence-corrected chi connectivity index (χ1v) is 15.9. The van der Waals surface area contributed by atoms with Crippen LogP contribution in [0.15, 0.2) is 83.4 Å². The number of unbranched alkanes of at least 4 members (excludes halogenated alkanes) is 1. The Labute approximate surface area is 274 Å². The van der Waals surface area contributed by atoms with Gasteiger partial charge in [0.05, 0.1) is 18.5 Å². The van der Waals surface area contributed by atoms with Crippen molar-refractivity contribution in [1.82, 2.24) is 24.6 Å². The van der Waals surface area contributed by atoms with Crippen LogP contribution in [0.1, 0.15) is 49.4 Å². The largest absolute Gasteiger partial charge is 0.573 e. The number of amides is 2. The van der Waals surface area contributed by atoms with Crippen molar-refractivity contribution >= 4 is 17.4 Å². The molecule has 0 aliphatic heterocycles. The molecule has 0 saturated carbocycles. The second-order valence-corrected chi connectivity index (χ2v) is 12.0. The fourth-order valence-corrected chi connectivity index (χ4v) is 5.87. The van der Waals surface area contributed by atoms with Crippen molar-refractivity contribution in [1.29, 1.82) is 0 Å². The van der Waals surface area contributed by atoms with E-state index in [1.807, 2.05) is 59.3 Å². The Balaban J connectivity index is 1.12. The Morgan fingerprint density at radius 1 is 1.02 bits per heavy atom. The smallest absolute Gasteiger partial charge is 0.497 e. The number of nitrogens with zero attached hydrogens (tertiary/aromatic N) is 5. The highest BCUT2D eigenvalue weighted by molar-refractivity contribution is 7.07. The number of urea groups is 1. The summed E-state index contributed by atoms with van der Waals surface area (Å²) in [5.74, 6) is 1.23. The predicted octanol–water partition coefficient (Wildman–Crippen LogP) is 7.76. The fraction of sp³-hybridized carbons (Fsp3) is 0.294. The van der Waals surface area contributed by atoms with Gasteiger partial charge in [-0.05, 0) is 85.7 Å². The molecule has 0 spiro atoms. The van der Waals surface area contributed by atoms with Crippen molar-refractivity contribution in [3.63, 3.8) is 0 Å². The summed E-state index contributed by atoms with van der Waals surface area (Å²) in [6.07, 6.45) is -0.736. The Morgan fingerprint density at radius 3 is 2.43 bits per heavy atom. The monoisotopic (exact) mass is 664 g/mol. The molecular formula is C34H35F3N6O3S. The lowest BCUT2D eigenvalue weighted by atomic mass is 10.0. The number of aryl methyl sites for hydroxylation is 2. The Kier molecular flexibility index (Phi) is 10.4. The van der Waals surface area contributed by atoms with Crippen LogP contribution < -0.4 is 19.6 Å². The van der Waals surface area contributed by atoms with Crippen molar-refractivity contribution in [3.05, 3.63) is 100 Å². The molecule has 246 valence electrons. The van der Waals surface area contributed by atoms with Gasteiger partial charge in [-0.1, -0.05) is 38.1 Å². The highest BCUT2D eigenvalue weighted by Gasteiger charge is 2.31. The summed E-state index contributed by atoms with van der Waals surface area (Å²) in [5.41, 5.74) is 5.59. The van der Waals surface area contributed by atoms with E-state index < -0.39 is 6.36 Å². The highest BCUT2D eigenvalue weighted by atomic mass is 32.1. The van der Waals surface area contributed by atoms with Crippen molar-refractivity contribution in [3.8, 4) is 34.3 Å². The molecule has 0 aliphatic carbocycles. The molecular weight excluding hydrogens is 629 g/mol. The zero-order valence-electron chi connectivity index (χ0n) is 26.4. The van der Waals surface area contributed by atoms with E-state index in [4.69, 9.17) is 4.74 Å². The van der Waals surface area contributed by atoms with Gasteiger partial charge in [0.2, 0.25) is 0 Å². The topological polar surface area (TPSA) is 95.6 Å². The zero-order valence-corrected chi connectivity index (χ0v) is 27.2. The van der Waals surface area contributed by atoms with Gasteiger partial charge in [0.25, 0.3) is 0 Å². The number of thiazole rings is 1. The Bertz CT molecular complexity index is 1880. The van der Waals surface area contributed by atoms with Crippen molar-refractivity contribution in [2.75, 3.05) is 13.7 Å². The summed E-state index contributed by atoms with van der Waals surface area (Å²) < 4.78 is 50.1. The quantitative estimate of drug-likeness (QED) is 0.146. The molecule has 0 atom stereocenters. The van der Waals surface area contributed by atoms with Gasteiger partial charge < -0.3 is 14.8 Å². The van der Waals surface area contributed by atoms with E-state index in [1.54, 1.807) is 7.11 Å². The molecule has 5 aromatic rings. The number of aromatic nitrogens is 4. The summed E-state index contributed by atoms with van der Waals surface area (Å²) in [6, 6.07) is 18.9. The zero-order chi connectivity index (χ0) is 33.6. The summed E-state index contributed by atoms with van der Waals surface area (Å²) in [6.45, 7) is 6.76. The highest BCUT2D eigenvalue weighted by Crippen LogP contribution is 2.28. The molecule has 5 rings (SSSR count). The van der Waals surface area contributed by atoms with Crippen molar-refractivity contribution < 1.29 is 27.4 Å². The second kappa shape index (κ2) is 14.7. The molecule has 2 amide bonds. The molecule has 13 heteroatoms. The van der Waals surface area contributed by atoms with E-state index in [9.17, 15) is 18.0 Å². The van der Waals surface area contributed by atoms with Crippen molar-refractivity contribution in [2.45, 2.75) is 52.3 Å². The van der Waals surface area contributed by atoms with E-state index in [1.165, 1.54) is 46.6 Å². The number of hydrogen-bond acceptors (Lipinski definition) is 6. The number of benzene rings is 3. The molecule has 9 nitrogen and oxygen atoms in total. The minimum atomic E-state index is -4.74. The number of carbonyl (C=O) groups is 1. The summed E-state index contributed by atoms with van der Waals surface area (Å²) >= 11 is 1.43. The molecule has 0 unspecified atom stereocenters. The van der Waals surface area contributed by atoms with Crippen LogP contribution in [-0.2, 0) is 6.42 Å². The maximum absolute atomic E-state index is 12.7. The molecule has 2 aromatic heterocycles. The van der Waals surface area contributed by atoms with E-state index in [2.05, 4.69) is 39.0 Å². The van der Waals surface area contributed by atoms with Gasteiger partial charge in [-0.2, -0.15) is 4.99 Å². The van der Waals surface area contributed by atoms with Gasteiger partial charge in [0, 0.05) is 23.2 Å². The van der Waals surface area contributed by atoms with Gasteiger partial charge in [-0.15, -0.1) is 29.6 Å². The SMILES string of the molecule is COc1ccc(-n2c(C)cs/c2=N\C(=O)NCCCCc2ccc(-c3ncn(-c4ccc(OC(F)(F)F)cc4)n3)cc2)c(C(C)C)c1. The standard InChI is InChI=1S/C34H35F3N6O3S/c1-22(2)29-19-28(45-4)16-17-30(29)43-23(3)20-47-33(43)40-32(44)38-18-6-5-7-24-8-10-25(11-9-24)31-39-21-42(41-31)26-12-14-27(15-13-26)46-34(35,36)37/h8-17,19-22H,5-7,18H2,1-4H3,(H,38,44)/b40-33-. The normalized spacial score (nSPS) is 12.0. The number of methoxy groups -OCH3 is 1. The summed E-state index contributed by atoms with van der Waals surface area (Å²) in [7, 11) is 1.65. The summed E-state index contributed by atoms with van der Waals surface area (Å²) in [4.78, 5) is 22.0. The maximum Gasteiger partial charge on any atom is 0.573 e. The van der Waals surface area contributed by atoms with E-state index in [0.717, 1.165) is 53.1 Å². The van der Waals surface area contributed by atoms with Crippen LogP contribution >= 0.6 is 11.3 Å². The van der Waals surface area contributed by atoms with Crippen molar-refractivity contribution in [2.24, 2.45) is 4.99 Å². The number of rotatable bonds is 11. The van der Waals surface area contributed by atoms with Crippen LogP contribution in [0.3, 0.4) is 0 Å². The van der Waals surface area contributed by atoms with E-state index >= 15 is 0 Å². The van der Waals surface area contributed by atoms with Gasteiger partial charge >= 0.3 is 12.4 Å². The summed E-state index contributed by atoms with van der Waals surface area (Å²) in [5, 5.41) is 9.35. The fourth-order valence-electron chi connectivity index (χ4n) is 5.01. The van der Waals surface area contributed by atoms with Gasteiger partial charge in [0.15, 0.2) is 10.6 Å². The van der Waals surface area contributed by atoms with Crippen LogP contribution in [0.2, 0.25) is 0 Å². The number of halogens is 3. The number of carbonyl (C=O) groups excluding carboxylic acids is 1. The molecule has 3 aromatic carbocycles. The third kappa shape index (κ3) is 8.67. The average molecular weight is 665 g/mol. The molecule has 47 heavy (non-hydrogen) atoms. The number of hydrogen-bond donors (Lipinski definition) is 1. The lowest BCUT2D eigenvalue weighted by Gasteiger charge is -2.16. The molecule has 1 N–H and O–H groups in total. The van der Waals surface area contributed by atoms with Crippen LogP contribution in [0.5, 0.6) is 11.5 Å². The average Bonchev–Trinajstić information content (AvgIpc) is 3.67. The first kappa shape index (κ1) is 33.5. The molecule has 2 heterocycles. The van der Waals surface area contributed by atoms with Crippen LogP contribution in [0.4, 0.5) is 18.0 Å². The van der Waals surface area contributed by atoms with Gasteiger partial charge in [-0.25, -0.2) is 14.5 Å². The van der Waals surface area contributed by atoms with Crippen LogP contribution in [0, 0.1) is 6.92 Å². The third-order valence-corrected chi connectivity index (χ3v) is 8.32. The third-order valence-electron chi connectivity index (χ3n) is 7.38. The number of alkyl halides is 3. The van der Waals surface area contributed by atoms with Crippen LogP contribution in [-0.4, -0.2) is 45.4 Å². The minimum absolute atomic E-state index is 0.254. The molecule has 0 radical (unpaired) electrons. The lowest BCUT2D eigenvalue weighted by molar-refractivity contribution is -0.274. The van der Waals surface area contributed by atoms with Crippen LogP contribution in [0.25, 0.3) is 22.8 Å². The van der Waals surface area contributed by atoms with Gasteiger partial charge in [0.1, 0.15) is 17.8 Å². The van der Waals surface area contributed by atoms with E-state index in [0.29, 0.717) is 22.9 Å². The van der Waals surface area contributed by atoms with E-state index in [-0.39, 0.29) is 17.7 Å². The first-order chi connectivity index (χ1) is 22.5. The molecule has 0 fully saturated rings. The Hall–Kier alpha value is -4.91. The second-order valence-electron chi connectivity index (χ2n) is 11.1. The van der Waals surface area contributed by atoms with Gasteiger partial charge in [-0.3, -0.25) is 4.57 Å². The number of ether oxygens (including phenoxy) is 2. The maximum atomic E-state index is 12.7. The molecule has 0 bridgehead atoms. The molecule has 0 aliphatic rings. The first-order valence-electron chi connectivity index (χ1n) is 15.1. The Morgan fingerprint density at radius 2 is 1.74 bits per heavy atom.